The largest absolute Gasteiger partial charge is 0.486 e. The molecule has 9 nitrogen and oxygen atoms in total. The normalized spacial score (nSPS) is 12.2. The van der Waals surface area contributed by atoms with Crippen molar-refractivity contribution in [2.45, 2.75) is 6.92 Å². The van der Waals surface area contributed by atoms with Crippen LogP contribution in [0.4, 0.5) is 5.69 Å². The highest BCUT2D eigenvalue weighted by atomic mass is 16.6. The van der Waals surface area contributed by atoms with E-state index < -0.39 is 5.91 Å². The van der Waals surface area contributed by atoms with E-state index in [0.717, 1.165) is 0 Å². The lowest BCUT2D eigenvalue weighted by Gasteiger charge is -2.21. The molecule has 2 rings (SSSR count). The van der Waals surface area contributed by atoms with Crippen molar-refractivity contribution in [3.8, 4) is 11.5 Å². The van der Waals surface area contributed by atoms with E-state index >= 15 is 0 Å². The predicted octanol–water partition coefficient (Wildman–Crippen LogP) is -0.680. The lowest BCUT2D eigenvalue weighted by molar-refractivity contribution is -0.135. The van der Waals surface area contributed by atoms with Crippen molar-refractivity contribution in [2.24, 2.45) is 5.73 Å². The summed E-state index contributed by atoms with van der Waals surface area (Å²) in [6.07, 6.45) is 0. The number of fused-ring (bicyclic) bond motifs is 1. The van der Waals surface area contributed by atoms with Gasteiger partial charge in [0.25, 0.3) is 0 Å². The molecule has 3 amide bonds. The van der Waals surface area contributed by atoms with E-state index in [2.05, 4.69) is 10.6 Å². The van der Waals surface area contributed by atoms with Gasteiger partial charge in [0.05, 0.1) is 19.6 Å². The number of nitrogens with zero attached hydrogens (tertiary/aromatic N) is 1. The zero-order valence-electron chi connectivity index (χ0n) is 14.0. The van der Waals surface area contributed by atoms with Gasteiger partial charge in [0, 0.05) is 18.3 Å². The lowest BCUT2D eigenvalue weighted by Crippen LogP contribution is -2.44. The first-order chi connectivity index (χ1) is 12.0. The quantitative estimate of drug-likeness (QED) is 0.599. The fraction of sp³-hybridized carbons (Fsp3) is 0.438. The molecule has 1 heterocycles. The molecular formula is C16H22N4O5. The second-order valence-corrected chi connectivity index (χ2v) is 5.30. The summed E-state index contributed by atoms with van der Waals surface area (Å²) in [7, 11) is 0. The van der Waals surface area contributed by atoms with Crippen LogP contribution in [0.5, 0.6) is 11.5 Å². The third-order valence-electron chi connectivity index (χ3n) is 3.52. The van der Waals surface area contributed by atoms with Crippen LogP contribution in [-0.4, -0.2) is 62.0 Å². The predicted molar refractivity (Wildman–Crippen MR) is 90.4 cm³/mol. The number of ether oxygens (including phenoxy) is 2. The average Bonchev–Trinajstić information content (AvgIpc) is 2.63. The second-order valence-electron chi connectivity index (χ2n) is 5.30. The number of benzene rings is 1. The molecule has 0 saturated carbocycles. The van der Waals surface area contributed by atoms with Crippen LogP contribution in [0.3, 0.4) is 0 Å². The topological polar surface area (TPSA) is 123 Å². The van der Waals surface area contributed by atoms with Gasteiger partial charge in [-0.2, -0.15) is 0 Å². The van der Waals surface area contributed by atoms with Gasteiger partial charge in [-0.1, -0.05) is 0 Å². The first-order valence-corrected chi connectivity index (χ1v) is 7.97. The fourth-order valence-corrected chi connectivity index (χ4v) is 2.23. The van der Waals surface area contributed by atoms with Gasteiger partial charge < -0.3 is 30.7 Å². The van der Waals surface area contributed by atoms with Crippen LogP contribution in [0.2, 0.25) is 0 Å². The van der Waals surface area contributed by atoms with Crippen molar-refractivity contribution in [2.75, 3.05) is 44.7 Å². The molecule has 0 radical (unpaired) electrons. The molecule has 0 atom stereocenters. The van der Waals surface area contributed by atoms with E-state index in [4.69, 9.17) is 15.2 Å². The monoisotopic (exact) mass is 350 g/mol. The van der Waals surface area contributed by atoms with E-state index in [1.807, 2.05) is 0 Å². The Morgan fingerprint density at radius 2 is 1.88 bits per heavy atom. The maximum absolute atomic E-state index is 12.2. The van der Waals surface area contributed by atoms with E-state index in [0.29, 0.717) is 36.9 Å². The van der Waals surface area contributed by atoms with Gasteiger partial charge >= 0.3 is 0 Å². The van der Waals surface area contributed by atoms with Crippen molar-refractivity contribution < 1.29 is 23.9 Å². The summed E-state index contributed by atoms with van der Waals surface area (Å²) >= 11 is 0. The fourth-order valence-electron chi connectivity index (χ4n) is 2.23. The Labute approximate surface area is 145 Å². The molecule has 136 valence electrons. The Hall–Kier alpha value is -2.81. The van der Waals surface area contributed by atoms with Crippen LogP contribution in [0.25, 0.3) is 0 Å². The Balaban J connectivity index is 1.89. The molecule has 1 aliphatic rings. The summed E-state index contributed by atoms with van der Waals surface area (Å²) in [5.41, 5.74) is 5.71. The highest BCUT2D eigenvalue weighted by Gasteiger charge is 2.17. The second kappa shape index (κ2) is 8.88. The van der Waals surface area contributed by atoms with Gasteiger partial charge in [0.2, 0.25) is 17.7 Å². The van der Waals surface area contributed by atoms with Crippen molar-refractivity contribution >= 4 is 23.4 Å². The van der Waals surface area contributed by atoms with Crippen LogP contribution in [-0.2, 0) is 14.4 Å². The number of amides is 3. The molecule has 1 aromatic rings. The molecule has 9 heteroatoms. The Morgan fingerprint density at radius 1 is 1.16 bits per heavy atom. The van der Waals surface area contributed by atoms with E-state index in [1.54, 1.807) is 25.1 Å². The molecule has 0 aromatic heterocycles. The first-order valence-electron chi connectivity index (χ1n) is 7.97. The van der Waals surface area contributed by atoms with Crippen LogP contribution in [0, 0.1) is 0 Å². The third-order valence-corrected chi connectivity index (χ3v) is 3.52. The van der Waals surface area contributed by atoms with Gasteiger partial charge in [-0.05, 0) is 19.1 Å². The minimum atomic E-state index is -0.426. The van der Waals surface area contributed by atoms with E-state index in [9.17, 15) is 14.4 Å². The van der Waals surface area contributed by atoms with Crippen LogP contribution < -0.4 is 25.8 Å². The zero-order chi connectivity index (χ0) is 18.2. The maximum atomic E-state index is 12.2. The summed E-state index contributed by atoms with van der Waals surface area (Å²) in [4.78, 5) is 36.6. The van der Waals surface area contributed by atoms with Crippen molar-refractivity contribution in [3.05, 3.63) is 18.2 Å². The number of carbonyl (C=O) groups excluding carboxylic acids is 3. The summed E-state index contributed by atoms with van der Waals surface area (Å²) in [6.45, 7) is 2.53. The smallest absolute Gasteiger partial charge is 0.243 e. The van der Waals surface area contributed by atoms with Crippen LogP contribution in [0.1, 0.15) is 6.92 Å². The molecule has 0 saturated heterocycles. The summed E-state index contributed by atoms with van der Waals surface area (Å²) < 4.78 is 10.9. The highest BCUT2D eigenvalue weighted by molar-refractivity contribution is 5.95. The Bertz CT molecular complexity index is 649. The van der Waals surface area contributed by atoms with Gasteiger partial charge in [0.15, 0.2) is 11.5 Å². The van der Waals surface area contributed by atoms with Gasteiger partial charge in [-0.25, -0.2) is 0 Å². The number of anilines is 1. The van der Waals surface area contributed by atoms with Gasteiger partial charge in [-0.15, -0.1) is 0 Å². The van der Waals surface area contributed by atoms with E-state index in [1.165, 1.54) is 4.90 Å². The molecule has 0 aliphatic carbocycles. The summed E-state index contributed by atoms with van der Waals surface area (Å²) in [5.74, 6) is 0.0611. The third kappa shape index (κ3) is 5.35. The van der Waals surface area contributed by atoms with Crippen molar-refractivity contribution in [1.82, 2.24) is 10.2 Å². The minimum Gasteiger partial charge on any atom is -0.486 e. The van der Waals surface area contributed by atoms with Crippen molar-refractivity contribution in [1.29, 1.82) is 0 Å². The number of nitrogens with two attached hydrogens (primary N) is 1. The number of likely N-dealkylation sites (N-methyl/N-ethyl adjacent to an activating group) is 1. The number of nitrogens with one attached hydrogen (secondary N) is 2. The number of rotatable bonds is 7. The number of hydrogen-bond acceptors (Lipinski definition) is 6. The zero-order valence-corrected chi connectivity index (χ0v) is 14.0. The van der Waals surface area contributed by atoms with E-state index in [-0.39, 0.29) is 31.4 Å². The maximum Gasteiger partial charge on any atom is 0.243 e. The van der Waals surface area contributed by atoms with Crippen LogP contribution in [0.15, 0.2) is 18.2 Å². The molecule has 4 N–H and O–H groups in total. The minimum absolute atomic E-state index is 0.123. The SMILES string of the molecule is CCN(CC(=O)Nc1ccc2c(c1)OCCO2)C(=O)CNC(=O)CN. The standard InChI is InChI=1S/C16H22N4O5/c1-2-20(16(23)9-18-14(21)8-17)10-15(22)19-11-3-4-12-13(7-11)25-6-5-24-12/h3-4,7H,2,5-6,8-10,17H2,1H3,(H,18,21)(H,19,22). The molecule has 0 bridgehead atoms. The highest BCUT2D eigenvalue weighted by Crippen LogP contribution is 2.32. The summed E-state index contributed by atoms with van der Waals surface area (Å²) in [5, 5.41) is 5.10. The molecule has 1 aromatic carbocycles. The van der Waals surface area contributed by atoms with Gasteiger partial charge in [-0.3, -0.25) is 14.4 Å². The summed E-state index contributed by atoms with van der Waals surface area (Å²) in [6, 6.07) is 5.09. The molecule has 0 spiro atoms. The molecule has 1 aliphatic heterocycles. The van der Waals surface area contributed by atoms with Crippen molar-refractivity contribution in [3.63, 3.8) is 0 Å². The molecule has 0 fully saturated rings. The Kier molecular flexibility index (Phi) is 6.58. The average molecular weight is 350 g/mol. The Morgan fingerprint density at radius 3 is 2.56 bits per heavy atom. The molecule has 25 heavy (non-hydrogen) atoms. The van der Waals surface area contributed by atoms with Gasteiger partial charge in [0.1, 0.15) is 13.2 Å². The molecule has 0 unspecified atom stereocenters. The first kappa shape index (κ1) is 18.5. The van der Waals surface area contributed by atoms with Crippen LogP contribution >= 0.6 is 0 Å². The number of carbonyl (C=O) groups is 3. The number of hydrogen-bond donors (Lipinski definition) is 3. The molecular weight excluding hydrogens is 328 g/mol. The lowest BCUT2D eigenvalue weighted by atomic mass is 10.2.